The van der Waals surface area contributed by atoms with Gasteiger partial charge in [-0.25, -0.2) is 9.97 Å². The number of amides is 1. The summed E-state index contributed by atoms with van der Waals surface area (Å²) < 4.78 is 5.47. The summed E-state index contributed by atoms with van der Waals surface area (Å²) >= 11 is 0. The van der Waals surface area contributed by atoms with E-state index in [9.17, 15) is 4.79 Å². The third kappa shape index (κ3) is 7.24. The highest BCUT2D eigenvalue weighted by Gasteiger charge is 2.28. The van der Waals surface area contributed by atoms with E-state index in [0.717, 1.165) is 86.0 Å². The number of benzene rings is 1. The van der Waals surface area contributed by atoms with Crippen molar-refractivity contribution < 1.29 is 9.53 Å². The minimum atomic E-state index is -0.199. The van der Waals surface area contributed by atoms with Gasteiger partial charge >= 0.3 is 0 Å². The standard InChI is InChI=1S/C27H38N6O2.2ClH/c1-17-9-14-21-20(16-17)25(32-23-7-4-3-6-22(23)30-24-8-5-15-28-24)33-26(31-21)27(34)29-18-10-12-19(35-2)13-11-18;;/h9,14,16,18-19,22-23H,3-8,10-13,15H2,1-2H3,(H,28,30)(H,29,34)(H,31,32,33);2*1H/t18?,19?,22-,23+;;/m1../s1. The van der Waals surface area contributed by atoms with Crippen LogP contribution in [0.3, 0.4) is 0 Å². The van der Waals surface area contributed by atoms with Crippen LogP contribution in [0.25, 0.3) is 10.9 Å². The number of rotatable bonds is 6. The highest BCUT2D eigenvalue weighted by atomic mass is 35.5. The average molecular weight is 552 g/mol. The van der Waals surface area contributed by atoms with E-state index in [1.165, 1.54) is 12.8 Å². The number of halogens is 2. The minimum Gasteiger partial charge on any atom is -0.381 e. The van der Waals surface area contributed by atoms with Crippen molar-refractivity contribution in [2.45, 2.75) is 95.4 Å². The van der Waals surface area contributed by atoms with Crippen LogP contribution in [0.2, 0.25) is 0 Å². The average Bonchev–Trinajstić information content (AvgIpc) is 3.39. The van der Waals surface area contributed by atoms with Gasteiger partial charge in [0.05, 0.1) is 17.5 Å². The van der Waals surface area contributed by atoms with Crippen molar-refractivity contribution in [3.8, 4) is 0 Å². The number of ether oxygens (including phenoxy) is 1. The fraction of sp³-hybridized carbons (Fsp3) is 0.630. The predicted molar refractivity (Wildman–Crippen MR) is 154 cm³/mol. The Morgan fingerprint density at radius 1 is 0.946 bits per heavy atom. The van der Waals surface area contributed by atoms with Crippen LogP contribution in [0.1, 0.15) is 80.4 Å². The van der Waals surface area contributed by atoms with Gasteiger partial charge in [-0.05, 0) is 64.0 Å². The number of fused-ring (bicyclic) bond motifs is 1. The number of aliphatic imine (C=N–C) groups is 1. The molecule has 8 nitrogen and oxygen atoms in total. The van der Waals surface area contributed by atoms with Gasteiger partial charge in [0, 0.05) is 43.6 Å². The van der Waals surface area contributed by atoms with Crippen LogP contribution in [0, 0.1) is 6.92 Å². The second-order valence-corrected chi connectivity index (χ2v) is 10.3. The SMILES string of the molecule is COC1CCC(NC(=O)c2nc(N[C@H]3CCCC[C@H]3NC3=NCCC3)c3cc(C)ccc3n2)CC1.Cl.Cl. The van der Waals surface area contributed by atoms with Crippen molar-refractivity contribution in [3.05, 3.63) is 29.6 Å². The fourth-order valence-electron chi connectivity index (χ4n) is 5.67. The van der Waals surface area contributed by atoms with Gasteiger partial charge in [0.2, 0.25) is 5.82 Å². The molecule has 0 unspecified atom stereocenters. The van der Waals surface area contributed by atoms with Gasteiger partial charge in [0.15, 0.2) is 0 Å². The lowest BCUT2D eigenvalue weighted by Crippen LogP contribution is -2.48. The molecule has 2 heterocycles. The Balaban J connectivity index is 0.00000190. The van der Waals surface area contributed by atoms with E-state index in [4.69, 9.17) is 9.72 Å². The number of methoxy groups -OCH3 is 1. The maximum absolute atomic E-state index is 13.2. The molecule has 204 valence electrons. The first-order chi connectivity index (χ1) is 17.1. The Labute approximate surface area is 232 Å². The quantitative estimate of drug-likeness (QED) is 0.469. The number of carbonyl (C=O) groups is 1. The van der Waals surface area contributed by atoms with E-state index in [1.54, 1.807) is 7.11 Å². The number of nitrogens with one attached hydrogen (secondary N) is 3. The molecule has 0 saturated heterocycles. The number of amidine groups is 1. The molecule has 2 saturated carbocycles. The number of aromatic nitrogens is 2. The maximum Gasteiger partial charge on any atom is 0.289 e. The summed E-state index contributed by atoms with van der Waals surface area (Å²) in [5.74, 6) is 1.92. The molecule has 5 rings (SSSR count). The summed E-state index contributed by atoms with van der Waals surface area (Å²) in [5, 5.41) is 11.6. The van der Waals surface area contributed by atoms with Crippen LogP contribution in [0.5, 0.6) is 0 Å². The number of carbonyl (C=O) groups excluding carboxylic acids is 1. The van der Waals surface area contributed by atoms with Crippen molar-refractivity contribution in [2.75, 3.05) is 19.0 Å². The number of anilines is 1. The van der Waals surface area contributed by atoms with E-state index in [0.29, 0.717) is 12.1 Å². The third-order valence-electron chi connectivity index (χ3n) is 7.71. The van der Waals surface area contributed by atoms with Crippen molar-refractivity contribution in [2.24, 2.45) is 4.99 Å². The van der Waals surface area contributed by atoms with Crippen molar-refractivity contribution in [1.29, 1.82) is 0 Å². The lowest BCUT2D eigenvalue weighted by Gasteiger charge is -2.34. The Bertz CT molecular complexity index is 1090. The van der Waals surface area contributed by atoms with Crippen LogP contribution in [-0.2, 0) is 4.74 Å². The van der Waals surface area contributed by atoms with Crippen molar-refractivity contribution in [3.63, 3.8) is 0 Å². The molecule has 1 aliphatic heterocycles. The molecule has 1 aromatic heterocycles. The van der Waals surface area contributed by atoms with Gasteiger partial charge in [-0.15, -0.1) is 24.8 Å². The summed E-state index contributed by atoms with van der Waals surface area (Å²) in [5.41, 5.74) is 1.94. The molecule has 1 amide bonds. The third-order valence-corrected chi connectivity index (χ3v) is 7.71. The van der Waals surface area contributed by atoms with Crippen LogP contribution in [0.15, 0.2) is 23.2 Å². The molecule has 2 aliphatic carbocycles. The van der Waals surface area contributed by atoms with Gasteiger partial charge in [0.25, 0.3) is 5.91 Å². The van der Waals surface area contributed by atoms with Crippen LogP contribution in [-0.4, -0.2) is 59.6 Å². The zero-order chi connectivity index (χ0) is 24.2. The molecule has 0 radical (unpaired) electrons. The normalized spacial score (nSPS) is 25.4. The van der Waals surface area contributed by atoms with Gasteiger partial charge in [-0.2, -0.15) is 0 Å². The van der Waals surface area contributed by atoms with Gasteiger partial charge in [0.1, 0.15) is 5.82 Å². The number of hydrogen-bond acceptors (Lipinski definition) is 7. The van der Waals surface area contributed by atoms with Crippen LogP contribution in [0.4, 0.5) is 5.82 Å². The van der Waals surface area contributed by atoms with Crippen molar-refractivity contribution >= 4 is 53.3 Å². The molecule has 2 aromatic rings. The summed E-state index contributed by atoms with van der Waals surface area (Å²) in [7, 11) is 1.76. The zero-order valence-corrected chi connectivity index (χ0v) is 23.4. The minimum absolute atomic E-state index is 0. The summed E-state index contributed by atoms with van der Waals surface area (Å²) in [6.07, 6.45) is 10.8. The summed E-state index contributed by atoms with van der Waals surface area (Å²) in [4.78, 5) is 27.2. The predicted octanol–water partition coefficient (Wildman–Crippen LogP) is 4.97. The first-order valence-corrected chi connectivity index (χ1v) is 13.3. The summed E-state index contributed by atoms with van der Waals surface area (Å²) in [6.45, 7) is 3.00. The fourth-order valence-corrected chi connectivity index (χ4v) is 5.67. The monoisotopic (exact) mass is 550 g/mol. The lowest BCUT2D eigenvalue weighted by atomic mass is 9.90. The largest absolute Gasteiger partial charge is 0.381 e. The highest BCUT2D eigenvalue weighted by Crippen LogP contribution is 2.28. The number of hydrogen-bond donors (Lipinski definition) is 3. The molecule has 10 heteroatoms. The second kappa shape index (κ2) is 13.6. The first-order valence-electron chi connectivity index (χ1n) is 13.3. The van der Waals surface area contributed by atoms with Gasteiger partial charge < -0.3 is 20.7 Å². The van der Waals surface area contributed by atoms with Gasteiger partial charge in [-0.3, -0.25) is 9.79 Å². The summed E-state index contributed by atoms with van der Waals surface area (Å²) in [6, 6.07) is 6.81. The Kier molecular flexibility index (Phi) is 10.8. The lowest BCUT2D eigenvalue weighted by molar-refractivity contribution is 0.0597. The van der Waals surface area contributed by atoms with Crippen LogP contribution >= 0.6 is 24.8 Å². The van der Waals surface area contributed by atoms with E-state index in [2.05, 4.69) is 38.9 Å². The molecule has 1 aromatic carbocycles. The molecular formula is C27H40Cl2N6O2. The van der Waals surface area contributed by atoms with Crippen molar-refractivity contribution in [1.82, 2.24) is 20.6 Å². The molecule has 37 heavy (non-hydrogen) atoms. The molecule has 0 bridgehead atoms. The van der Waals surface area contributed by atoms with E-state index >= 15 is 0 Å². The smallest absolute Gasteiger partial charge is 0.289 e. The number of aryl methyl sites for hydroxylation is 1. The van der Waals surface area contributed by atoms with E-state index in [1.807, 2.05) is 12.1 Å². The molecule has 0 spiro atoms. The molecule has 2 fully saturated rings. The molecule has 3 aliphatic rings. The Morgan fingerprint density at radius 2 is 1.68 bits per heavy atom. The zero-order valence-electron chi connectivity index (χ0n) is 21.8. The van der Waals surface area contributed by atoms with Crippen LogP contribution < -0.4 is 16.0 Å². The van der Waals surface area contributed by atoms with Gasteiger partial charge in [-0.1, -0.05) is 24.5 Å². The maximum atomic E-state index is 13.2. The Morgan fingerprint density at radius 3 is 2.35 bits per heavy atom. The molecule has 3 N–H and O–H groups in total. The molecular weight excluding hydrogens is 511 g/mol. The van der Waals surface area contributed by atoms with E-state index in [-0.39, 0.29) is 48.6 Å². The number of nitrogens with zero attached hydrogens (tertiary/aromatic N) is 3. The van der Waals surface area contributed by atoms with E-state index < -0.39 is 0 Å². The topological polar surface area (TPSA) is 101 Å². The first kappa shape index (κ1) is 29.4. The molecule has 2 atom stereocenters. The Hall–Kier alpha value is -2.16. The second-order valence-electron chi connectivity index (χ2n) is 10.3. The highest BCUT2D eigenvalue weighted by molar-refractivity contribution is 5.97.